The minimum Gasteiger partial charge on any atom is -0.494 e. The van der Waals surface area contributed by atoms with Gasteiger partial charge in [-0.2, -0.15) is 23.5 Å². The first-order valence-electron chi connectivity index (χ1n) is 27.8. The highest BCUT2D eigenvalue weighted by Gasteiger charge is 2.42. The van der Waals surface area contributed by atoms with Crippen LogP contribution in [-0.2, 0) is 69.1 Å². The monoisotopic (exact) mass is 1190 g/mol. The number of fused-ring (bicyclic) bond motifs is 7. The van der Waals surface area contributed by atoms with Crippen molar-refractivity contribution in [3.05, 3.63) is 29.3 Å². The Morgan fingerprint density at radius 2 is 1.29 bits per heavy atom. The Bertz CT molecular complexity index is 2470. The van der Waals surface area contributed by atoms with E-state index in [1.807, 2.05) is 18.2 Å². The molecule has 4 heterocycles. The van der Waals surface area contributed by atoms with Crippen LogP contribution in [0.1, 0.15) is 109 Å². The van der Waals surface area contributed by atoms with Crippen LogP contribution in [0.15, 0.2) is 23.4 Å². The normalized spacial score (nSPS) is 27.6. The van der Waals surface area contributed by atoms with Gasteiger partial charge >= 0.3 is 5.97 Å². The van der Waals surface area contributed by atoms with Gasteiger partial charge in [-0.3, -0.25) is 52.7 Å². The zero-order valence-corrected chi connectivity index (χ0v) is 48.3. The van der Waals surface area contributed by atoms with E-state index in [9.17, 15) is 63.0 Å². The fourth-order valence-electron chi connectivity index (χ4n) is 9.67. The highest BCUT2D eigenvalue weighted by Crippen LogP contribution is 2.27. The predicted octanol–water partition coefficient (Wildman–Crippen LogP) is -1.75. The molecule has 2 fully saturated rings. The maximum atomic E-state index is 14.8. The Hall–Kier alpha value is -6.72. The Labute approximate surface area is 484 Å². The lowest BCUT2D eigenvalue weighted by atomic mass is 10.0. The van der Waals surface area contributed by atoms with E-state index in [2.05, 4.69) is 42.4 Å². The van der Waals surface area contributed by atoms with Gasteiger partial charge in [0.1, 0.15) is 72.9 Å². The predicted molar refractivity (Wildman–Crippen MR) is 302 cm³/mol. The number of nitrogens with zero attached hydrogens (tertiary/aromatic N) is 3. The first-order chi connectivity index (χ1) is 39.2. The summed E-state index contributed by atoms with van der Waals surface area (Å²) in [5.74, 6) is -9.32. The van der Waals surface area contributed by atoms with Crippen molar-refractivity contribution in [2.24, 2.45) is 22.5 Å². The van der Waals surface area contributed by atoms with Gasteiger partial charge < -0.3 is 78.3 Å². The van der Waals surface area contributed by atoms with E-state index in [1.54, 1.807) is 13.8 Å². The molecule has 27 nitrogen and oxygen atoms in total. The van der Waals surface area contributed by atoms with E-state index in [1.165, 1.54) is 40.2 Å². The van der Waals surface area contributed by atoms with Gasteiger partial charge in [0.25, 0.3) is 5.91 Å². The first kappa shape index (κ1) is 66.1. The van der Waals surface area contributed by atoms with Gasteiger partial charge in [-0.1, -0.05) is 25.1 Å². The van der Waals surface area contributed by atoms with Crippen LogP contribution < -0.4 is 53.4 Å². The van der Waals surface area contributed by atoms with E-state index in [0.29, 0.717) is 57.4 Å². The molecule has 5 rings (SSSR count). The lowest BCUT2D eigenvalue weighted by molar-refractivity contribution is -0.144. The number of carbonyl (C=O) groups excluding carboxylic acids is 10. The molecule has 82 heavy (non-hydrogen) atoms. The maximum Gasteiger partial charge on any atom is 0.305 e. The summed E-state index contributed by atoms with van der Waals surface area (Å²) in [7, 11) is 0. The van der Waals surface area contributed by atoms with Gasteiger partial charge in [0.2, 0.25) is 53.2 Å². The second-order valence-electron chi connectivity index (χ2n) is 21.0. The van der Waals surface area contributed by atoms with Gasteiger partial charge in [0.05, 0.1) is 19.6 Å². The molecule has 2 saturated heterocycles. The number of hydrogen-bond acceptors (Lipinski definition) is 18. The topological polar surface area (TPSA) is 402 Å². The maximum absolute atomic E-state index is 14.8. The molecule has 454 valence electrons. The van der Waals surface area contributed by atoms with Crippen LogP contribution in [-0.4, -0.2) is 197 Å². The summed E-state index contributed by atoms with van der Waals surface area (Å²) in [6, 6.07) is -6.54. The molecule has 10 amide bonds. The summed E-state index contributed by atoms with van der Waals surface area (Å²) >= 11 is 2.54. The highest BCUT2D eigenvalue weighted by atomic mass is 32.2. The number of primary amides is 1. The Morgan fingerprint density at radius 1 is 0.695 bits per heavy atom. The molecule has 1 unspecified atom stereocenters. The average Bonchev–Trinajstić information content (AvgIpc) is 4.21. The minimum absolute atomic E-state index is 0.0346. The fraction of sp³-hybridized carbons (Fsp3) is 0.660. The summed E-state index contributed by atoms with van der Waals surface area (Å²) in [5, 5.41) is 41.9. The fourth-order valence-corrected chi connectivity index (χ4v) is 11.7. The summed E-state index contributed by atoms with van der Waals surface area (Å²) in [5.41, 5.74) is 13.0. The third-order valence-electron chi connectivity index (χ3n) is 14.1. The number of oxime groups is 1. The van der Waals surface area contributed by atoms with Crippen LogP contribution in [0, 0.1) is 5.92 Å². The van der Waals surface area contributed by atoms with Gasteiger partial charge in [0, 0.05) is 36.1 Å². The number of carboxylic acid groups (broad SMARTS) is 1. The Balaban J connectivity index is 1.52. The van der Waals surface area contributed by atoms with Crippen LogP contribution in [0.3, 0.4) is 0 Å². The number of amides is 10. The number of benzene rings is 1. The van der Waals surface area contributed by atoms with Gasteiger partial charge in [-0.05, 0) is 113 Å². The molecule has 1 aromatic rings. The van der Waals surface area contributed by atoms with Gasteiger partial charge in [-0.15, -0.1) is 0 Å². The number of carboxylic acids is 1. The number of hydrogen-bond donors (Lipinski definition) is 11. The molecule has 9 atom stereocenters. The number of aliphatic carboxylic acids is 1. The SMILES string of the molecule is CC(C)C1NC(=O)[C@H](CC(=O)O)NC(=O)[C@H](C)NC(=O)[C@@H]2CCCN2C(=O)[C@@H]2CSCc3cc(cc(c3)OCCCCCCO/N=C/C(=O)N[C@@H](CCCCN)C(=O)N2)CSC[C@@H](C(N)=O)NC(=O)[C@H](CO)NC(=O)[C@@H]2CCCN2C1=O. The molecule has 4 bridgehead atoms. The molecule has 4 aliphatic heterocycles. The number of unbranched alkanes of at least 4 members (excludes halogenated alkanes) is 1. The molecular weight excluding hydrogens is 1110 g/mol. The molecule has 4 aliphatic rings. The number of nitrogens with one attached hydrogen (secondary N) is 7. The van der Waals surface area contributed by atoms with Crippen molar-refractivity contribution in [2.45, 2.75) is 164 Å². The molecule has 13 N–H and O–H groups in total. The molecule has 0 spiro atoms. The van der Waals surface area contributed by atoms with Gasteiger partial charge in [-0.25, -0.2) is 0 Å². The Morgan fingerprint density at radius 3 is 1.91 bits per heavy atom. The number of thioether (sulfide) groups is 2. The van der Waals surface area contributed by atoms with Crippen molar-refractivity contribution in [1.82, 2.24) is 47.0 Å². The molecule has 0 saturated carbocycles. The standard InChI is InChI=1S/C53H80N12O15S2/c1-30(2)44-53(78)65-17-11-14-41(65)51(76)60-37(25-66)49(74)61-38(45(55)70)28-81-26-32-20-33-22-34(21-32)79-18-8-4-5-9-19-80-56-24-42(67)58-35(12-6-7-15-54)47(72)62-39(29-82-27-33)52(77)64-16-10-13-40(64)50(75)57-31(3)46(71)59-36(23-43(68)69)48(73)63-44/h20-22,24,30-31,35-41,44,66H,4-19,23,25-29,54H2,1-3H3,(H2,55,70)(H,57,75)(H,58,67)(H,59,71)(H,60,76)(H,61,74)(H,62,72)(H,63,73)(H,68,69)/b56-24+/t31-,35-,36-,37-,38-,39-,40-,41-,44?/m0/s1. The van der Waals surface area contributed by atoms with E-state index in [4.69, 9.17) is 21.0 Å². The second-order valence-corrected chi connectivity index (χ2v) is 23.0. The number of aliphatic hydroxyl groups excluding tert-OH is 1. The molecule has 1 aromatic carbocycles. The smallest absolute Gasteiger partial charge is 0.305 e. The van der Waals surface area contributed by atoms with Crippen molar-refractivity contribution >= 4 is 94.8 Å². The van der Waals surface area contributed by atoms with Crippen molar-refractivity contribution in [3.63, 3.8) is 0 Å². The van der Waals surface area contributed by atoms with Crippen molar-refractivity contribution in [3.8, 4) is 5.75 Å². The number of rotatable bonds is 9. The molecule has 0 aromatic heterocycles. The summed E-state index contributed by atoms with van der Waals surface area (Å²) in [4.78, 5) is 158. The lowest BCUT2D eigenvalue weighted by Gasteiger charge is -2.32. The second kappa shape index (κ2) is 33.4. The van der Waals surface area contributed by atoms with Gasteiger partial charge in [0.15, 0.2) is 0 Å². The van der Waals surface area contributed by atoms with E-state index >= 15 is 0 Å². The zero-order chi connectivity index (χ0) is 59.9. The van der Waals surface area contributed by atoms with Crippen molar-refractivity contribution in [2.75, 3.05) is 51.0 Å². The highest BCUT2D eigenvalue weighted by molar-refractivity contribution is 7.98. The number of carbonyl (C=O) groups is 11. The molecular formula is C53H80N12O15S2. The number of nitrogens with two attached hydrogens (primary N) is 2. The van der Waals surface area contributed by atoms with Crippen LogP contribution in [0.2, 0.25) is 0 Å². The van der Waals surface area contributed by atoms with Crippen LogP contribution in [0.4, 0.5) is 0 Å². The summed E-state index contributed by atoms with van der Waals surface area (Å²) in [6.07, 6.45) is 5.01. The molecule has 0 radical (unpaired) electrons. The largest absolute Gasteiger partial charge is 0.494 e. The average molecular weight is 1190 g/mol. The third-order valence-corrected chi connectivity index (χ3v) is 16.3. The summed E-state index contributed by atoms with van der Waals surface area (Å²) in [6.45, 7) is 4.63. The molecule has 29 heteroatoms. The van der Waals surface area contributed by atoms with Crippen LogP contribution in [0.5, 0.6) is 5.75 Å². The van der Waals surface area contributed by atoms with Crippen LogP contribution in [0.25, 0.3) is 0 Å². The van der Waals surface area contributed by atoms with Crippen molar-refractivity contribution in [1.29, 1.82) is 0 Å². The van der Waals surface area contributed by atoms with Crippen LogP contribution >= 0.6 is 23.5 Å². The first-order valence-corrected chi connectivity index (χ1v) is 30.1. The quantitative estimate of drug-likeness (QED) is 0.122. The summed E-state index contributed by atoms with van der Waals surface area (Å²) < 4.78 is 6.23. The number of ether oxygens (including phenoxy) is 1. The van der Waals surface area contributed by atoms with E-state index < -0.39 is 138 Å². The third kappa shape index (κ3) is 20.3. The Kier molecular flexibility index (Phi) is 26.9. The van der Waals surface area contributed by atoms with E-state index in [-0.39, 0.29) is 62.0 Å². The number of aliphatic hydroxyl groups is 1. The minimum atomic E-state index is -1.77. The zero-order valence-electron chi connectivity index (χ0n) is 46.7. The van der Waals surface area contributed by atoms with E-state index in [0.717, 1.165) is 30.2 Å². The molecule has 0 aliphatic carbocycles. The van der Waals surface area contributed by atoms with Crippen molar-refractivity contribution < 1.29 is 72.5 Å². The lowest BCUT2D eigenvalue weighted by Crippen LogP contribution is -2.61.